The number of allylic oxidation sites excluding steroid dienone is 1. The highest BCUT2D eigenvalue weighted by molar-refractivity contribution is 7.18. The van der Waals surface area contributed by atoms with Gasteiger partial charge in [0.15, 0.2) is 0 Å². The van der Waals surface area contributed by atoms with Crippen LogP contribution >= 0.6 is 11.3 Å². The Bertz CT molecular complexity index is 1160. The molecule has 2 aromatic rings. The van der Waals surface area contributed by atoms with E-state index in [-0.39, 0.29) is 18.1 Å². The van der Waals surface area contributed by atoms with Crippen molar-refractivity contribution < 1.29 is 24.5 Å². The SMILES string of the molecule is CCCC[C@H]1C(=O)C(C)(C)[C@@H](O)CC(=O)O[C@H](c2ccc3sc(CN)nc3c2)C/C=C(\C)CCC[C@H](C)[C@@H]1O. The molecule has 216 valence electrons. The van der Waals surface area contributed by atoms with Gasteiger partial charge in [0.1, 0.15) is 16.9 Å². The highest BCUT2D eigenvalue weighted by Gasteiger charge is 2.43. The molecule has 7 nitrogen and oxygen atoms in total. The Morgan fingerprint density at radius 2 is 1.97 bits per heavy atom. The Labute approximate surface area is 236 Å². The van der Waals surface area contributed by atoms with Crippen LogP contribution < -0.4 is 5.73 Å². The number of hydrogen-bond donors (Lipinski definition) is 3. The van der Waals surface area contributed by atoms with Gasteiger partial charge in [-0.2, -0.15) is 0 Å². The van der Waals surface area contributed by atoms with E-state index in [2.05, 4.69) is 24.9 Å². The lowest BCUT2D eigenvalue weighted by atomic mass is 9.71. The van der Waals surface area contributed by atoms with Crippen LogP contribution in [0.25, 0.3) is 10.2 Å². The molecule has 0 amide bonds. The van der Waals surface area contributed by atoms with Crippen LogP contribution in [0.4, 0.5) is 0 Å². The molecule has 8 heteroatoms. The van der Waals surface area contributed by atoms with Crippen LogP contribution in [0, 0.1) is 17.3 Å². The minimum absolute atomic E-state index is 0.0505. The third-order valence-electron chi connectivity index (χ3n) is 8.22. The molecule has 0 aliphatic carbocycles. The summed E-state index contributed by atoms with van der Waals surface area (Å²) < 4.78 is 6.97. The summed E-state index contributed by atoms with van der Waals surface area (Å²) >= 11 is 1.55. The van der Waals surface area contributed by atoms with Gasteiger partial charge in [-0.05, 0) is 56.2 Å². The van der Waals surface area contributed by atoms with E-state index >= 15 is 0 Å². The minimum Gasteiger partial charge on any atom is -0.457 e. The van der Waals surface area contributed by atoms with Gasteiger partial charge in [-0.1, -0.05) is 58.3 Å². The zero-order valence-corrected chi connectivity index (χ0v) is 24.9. The third-order valence-corrected chi connectivity index (χ3v) is 9.27. The number of ketones is 1. The Hall–Kier alpha value is -2.13. The van der Waals surface area contributed by atoms with Crippen LogP contribution in [0.5, 0.6) is 0 Å². The summed E-state index contributed by atoms with van der Waals surface area (Å²) in [5, 5.41) is 23.2. The van der Waals surface area contributed by atoms with Gasteiger partial charge in [-0.15, -0.1) is 11.3 Å². The number of aromatic nitrogens is 1. The standard InChI is InChI=1S/C31H46N2O5S/c1-6-7-11-22-29(36)20(3)10-8-9-19(2)12-14-24(38-28(35)17-26(34)31(4,5)30(22)37)21-13-15-25-23(16-21)33-27(18-32)39-25/h12-13,15-16,20,22,24,26,29,34,36H,6-11,14,17-18,32H2,1-5H3/b19-12+/t20-,22+,24-,26-,29-/m0/s1. The largest absolute Gasteiger partial charge is 0.457 e. The first-order valence-corrected chi connectivity index (χ1v) is 15.1. The molecule has 0 bridgehead atoms. The number of fused-ring (bicyclic) bond motifs is 1. The number of nitrogens with zero attached hydrogens (tertiary/aromatic N) is 1. The van der Waals surface area contributed by atoms with Gasteiger partial charge in [0, 0.05) is 18.9 Å². The molecule has 0 unspecified atom stereocenters. The van der Waals surface area contributed by atoms with E-state index in [1.54, 1.807) is 25.2 Å². The molecule has 1 aliphatic rings. The summed E-state index contributed by atoms with van der Waals surface area (Å²) in [5.74, 6) is -1.39. The van der Waals surface area contributed by atoms with E-state index < -0.39 is 35.6 Å². The molecule has 39 heavy (non-hydrogen) atoms. The number of nitrogens with two attached hydrogens (primary N) is 1. The number of carbonyl (C=O) groups is 2. The van der Waals surface area contributed by atoms with Crippen molar-refractivity contribution in [3.63, 3.8) is 0 Å². The number of carbonyl (C=O) groups excluding carboxylic acids is 2. The van der Waals surface area contributed by atoms with Crippen molar-refractivity contribution in [3.8, 4) is 0 Å². The lowest BCUT2D eigenvalue weighted by Gasteiger charge is -2.36. The number of Topliss-reactive ketones (excluding diaryl/α,β-unsaturated/α-hetero) is 1. The summed E-state index contributed by atoms with van der Waals surface area (Å²) in [7, 11) is 0. The number of rotatable bonds is 5. The molecule has 1 aliphatic heterocycles. The maximum atomic E-state index is 13.7. The lowest BCUT2D eigenvalue weighted by molar-refractivity contribution is -0.156. The van der Waals surface area contributed by atoms with Crippen LogP contribution in [0.15, 0.2) is 29.8 Å². The van der Waals surface area contributed by atoms with E-state index in [0.29, 0.717) is 19.4 Å². The van der Waals surface area contributed by atoms with E-state index in [1.165, 1.54) is 5.57 Å². The first-order chi connectivity index (χ1) is 18.5. The van der Waals surface area contributed by atoms with Crippen molar-refractivity contribution in [1.29, 1.82) is 0 Å². The summed E-state index contributed by atoms with van der Waals surface area (Å²) in [4.78, 5) is 31.5. The fourth-order valence-electron chi connectivity index (χ4n) is 5.36. The second-order valence-corrected chi connectivity index (χ2v) is 12.8. The van der Waals surface area contributed by atoms with E-state index in [0.717, 1.165) is 52.9 Å². The highest BCUT2D eigenvalue weighted by Crippen LogP contribution is 2.36. The zero-order valence-electron chi connectivity index (χ0n) is 24.1. The second-order valence-electron chi connectivity index (χ2n) is 11.7. The van der Waals surface area contributed by atoms with Gasteiger partial charge in [-0.3, -0.25) is 9.59 Å². The predicted octanol–water partition coefficient (Wildman–Crippen LogP) is 6.01. The van der Waals surface area contributed by atoms with Gasteiger partial charge in [0.2, 0.25) is 0 Å². The molecule has 5 atom stereocenters. The minimum atomic E-state index is -1.23. The molecular formula is C31H46N2O5S. The Morgan fingerprint density at radius 3 is 2.67 bits per heavy atom. The quantitative estimate of drug-likeness (QED) is 0.303. The number of ether oxygens (including phenoxy) is 1. The number of aliphatic hydroxyl groups is 2. The van der Waals surface area contributed by atoms with Gasteiger partial charge in [0.05, 0.1) is 34.3 Å². The van der Waals surface area contributed by atoms with E-state index in [9.17, 15) is 19.8 Å². The molecule has 4 N–H and O–H groups in total. The summed E-state index contributed by atoms with van der Waals surface area (Å²) in [6, 6.07) is 5.87. The first kappa shape index (κ1) is 31.4. The zero-order chi connectivity index (χ0) is 28.7. The molecule has 1 aromatic carbocycles. The molecule has 0 spiro atoms. The number of unbranched alkanes of at least 4 members (excludes halogenated alkanes) is 1. The van der Waals surface area contributed by atoms with Crippen molar-refractivity contribution in [2.75, 3.05) is 0 Å². The lowest BCUT2D eigenvalue weighted by Crippen LogP contribution is -2.46. The average molecular weight is 559 g/mol. The number of hydrogen-bond acceptors (Lipinski definition) is 8. The topological polar surface area (TPSA) is 123 Å². The van der Waals surface area contributed by atoms with Gasteiger partial charge in [-0.25, -0.2) is 4.98 Å². The fraction of sp³-hybridized carbons (Fsp3) is 0.645. The maximum absolute atomic E-state index is 13.7. The molecule has 0 radical (unpaired) electrons. The highest BCUT2D eigenvalue weighted by atomic mass is 32.1. The van der Waals surface area contributed by atoms with Crippen molar-refractivity contribution in [1.82, 2.24) is 4.98 Å². The average Bonchev–Trinajstić information content (AvgIpc) is 3.32. The number of benzene rings is 1. The van der Waals surface area contributed by atoms with Crippen molar-refractivity contribution in [2.24, 2.45) is 23.0 Å². The van der Waals surface area contributed by atoms with Crippen molar-refractivity contribution >= 4 is 33.3 Å². The molecular weight excluding hydrogens is 512 g/mol. The van der Waals surface area contributed by atoms with Gasteiger partial charge >= 0.3 is 5.97 Å². The predicted molar refractivity (Wildman–Crippen MR) is 156 cm³/mol. The van der Waals surface area contributed by atoms with Gasteiger partial charge in [0.25, 0.3) is 0 Å². The summed E-state index contributed by atoms with van der Waals surface area (Å²) in [6.07, 6.45) is 4.56. The first-order valence-electron chi connectivity index (χ1n) is 14.3. The number of thiazole rings is 1. The van der Waals surface area contributed by atoms with Crippen LogP contribution in [0.3, 0.4) is 0 Å². The smallest absolute Gasteiger partial charge is 0.309 e. The monoisotopic (exact) mass is 558 g/mol. The van der Waals surface area contributed by atoms with Crippen molar-refractivity contribution in [2.45, 2.75) is 111 Å². The second kappa shape index (κ2) is 14.0. The normalized spacial score (nSPS) is 29.1. The van der Waals surface area contributed by atoms with Crippen LogP contribution in [0.1, 0.15) is 103 Å². The molecule has 0 saturated carbocycles. The van der Waals surface area contributed by atoms with Crippen LogP contribution in [-0.4, -0.2) is 39.2 Å². The number of aliphatic hydroxyl groups excluding tert-OH is 2. The van der Waals surface area contributed by atoms with Crippen LogP contribution in [-0.2, 0) is 20.9 Å². The molecule has 2 heterocycles. The molecule has 3 rings (SSSR count). The Kier molecular flexibility index (Phi) is 11.2. The molecule has 1 aromatic heterocycles. The summed E-state index contributed by atoms with van der Waals surface area (Å²) in [5.41, 5.74) is 7.40. The van der Waals surface area contributed by atoms with E-state index in [4.69, 9.17) is 10.5 Å². The number of cyclic esters (lactones) is 1. The van der Waals surface area contributed by atoms with Crippen LogP contribution in [0.2, 0.25) is 0 Å². The number of esters is 1. The Balaban J connectivity index is 1.92. The molecule has 0 saturated heterocycles. The molecule has 0 fully saturated rings. The van der Waals surface area contributed by atoms with Crippen molar-refractivity contribution in [3.05, 3.63) is 40.4 Å². The third kappa shape index (κ3) is 7.97. The summed E-state index contributed by atoms with van der Waals surface area (Å²) in [6.45, 7) is 9.83. The maximum Gasteiger partial charge on any atom is 0.309 e. The fourth-order valence-corrected chi connectivity index (χ4v) is 6.18. The van der Waals surface area contributed by atoms with Gasteiger partial charge < -0.3 is 20.7 Å². The van der Waals surface area contributed by atoms with E-state index in [1.807, 2.05) is 25.1 Å². The Morgan fingerprint density at radius 1 is 1.23 bits per heavy atom.